The van der Waals surface area contributed by atoms with Gasteiger partial charge in [-0.1, -0.05) is 12.8 Å². The SMILES string of the molecule is NC[C@H]1CCCC[C@H]1CC(=O)O. The van der Waals surface area contributed by atoms with Crippen molar-refractivity contribution < 1.29 is 9.90 Å². The Morgan fingerprint density at radius 1 is 1.33 bits per heavy atom. The van der Waals surface area contributed by atoms with Gasteiger partial charge >= 0.3 is 5.97 Å². The molecule has 1 aliphatic rings. The van der Waals surface area contributed by atoms with Gasteiger partial charge in [-0.15, -0.1) is 0 Å². The van der Waals surface area contributed by atoms with Crippen molar-refractivity contribution in [3.8, 4) is 0 Å². The summed E-state index contributed by atoms with van der Waals surface area (Å²) in [6, 6.07) is 0. The number of nitrogens with two attached hydrogens (primary N) is 1. The Balaban J connectivity index is 2.41. The topological polar surface area (TPSA) is 63.3 Å². The summed E-state index contributed by atoms with van der Waals surface area (Å²) in [4.78, 5) is 10.5. The van der Waals surface area contributed by atoms with E-state index in [0.717, 1.165) is 12.8 Å². The zero-order valence-electron chi connectivity index (χ0n) is 7.33. The number of rotatable bonds is 3. The fourth-order valence-corrected chi connectivity index (χ4v) is 2.09. The van der Waals surface area contributed by atoms with Crippen molar-refractivity contribution in [3.05, 3.63) is 0 Å². The zero-order valence-corrected chi connectivity index (χ0v) is 7.33. The standard InChI is InChI=1S/C9H17NO2/c10-6-8-4-2-1-3-7(8)5-9(11)12/h7-8H,1-6,10H2,(H,11,12)/t7-,8+/m0/s1. The van der Waals surface area contributed by atoms with Crippen LogP contribution >= 0.6 is 0 Å². The van der Waals surface area contributed by atoms with E-state index in [1.165, 1.54) is 12.8 Å². The summed E-state index contributed by atoms with van der Waals surface area (Å²) < 4.78 is 0. The van der Waals surface area contributed by atoms with Gasteiger partial charge in [-0.05, 0) is 31.2 Å². The van der Waals surface area contributed by atoms with Crippen LogP contribution in [0.25, 0.3) is 0 Å². The van der Waals surface area contributed by atoms with Gasteiger partial charge in [-0.3, -0.25) is 4.79 Å². The molecule has 3 heteroatoms. The Kier molecular flexibility index (Phi) is 3.53. The average Bonchev–Trinajstić information content (AvgIpc) is 2.04. The van der Waals surface area contributed by atoms with Crippen molar-refractivity contribution in [3.63, 3.8) is 0 Å². The van der Waals surface area contributed by atoms with E-state index < -0.39 is 5.97 Å². The molecule has 70 valence electrons. The third-order valence-electron chi connectivity index (χ3n) is 2.81. The van der Waals surface area contributed by atoms with Crippen molar-refractivity contribution in [1.82, 2.24) is 0 Å². The van der Waals surface area contributed by atoms with Crippen LogP contribution in [-0.4, -0.2) is 17.6 Å². The second-order valence-electron chi connectivity index (χ2n) is 3.64. The third kappa shape index (κ3) is 2.48. The van der Waals surface area contributed by atoms with Crippen LogP contribution in [0.15, 0.2) is 0 Å². The van der Waals surface area contributed by atoms with Crippen LogP contribution < -0.4 is 5.73 Å². The molecule has 0 aromatic rings. The molecule has 0 unspecified atom stereocenters. The molecule has 12 heavy (non-hydrogen) atoms. The minimum absolute atomic E-state index is 0.307. The Morgan fingerprint density at radius 2 is 1.92 bits per heavy atom. The van der Waals surface area contributed by atoms with Crippen LogP contribution in [0, 0.1) is 11.8 Å². The van der Waals surface area contributed by atoms with Crippen molar-refractivity contribution in [2.45, 2.75) is 32.1 Å². The number of hydrogen-bond donors (Lipinski definition) is 2. The second-order valence-corrected chi connectivity index (χ2v) is 3.64. The van der Waals surface area contributed by atoms with E-state index in [-0.39, 0.29) is 0 Å². The minimum atomic E-state index is -0.680. The molecule has 0 aliphatic heterocycles. The van der Waals surface area contributed by atoms with E-state index in [1.807, 2.05) is 0 Å². The fraction of sp³-hybridized carbons (Fsp3) is 0.889. The van der Waals surface area contributed by atoms with Gasteiger partial charge in [-0.25, -0.2) is 0 Å². The highest BCUT2D eigenvalue weighted by molar-refractivity contribution is 5.67. The molecule has 1 saturated carbocycles. The second kappa shape index (κ2) is 4.45. The number of hydrogen-bond acceptors (Lipinski definition) is 2. The van der Waals surface area contributed by atoms with Gasteiger partial charge in [0.1, 0.15) is 0 Å². The minimum Gasteiger partial charge on any atom is -0.481 e. The maximum absolute atomic E-state index is 10.5. The van der Waals surface area contributed by atoms with Crippen LogP contribution in [0.5, 0.6) is 0 Å². The first-order chi connectivity index (χ1) is 5.74. The molecule has 1 fully saturated rings. The molecule has 1 aliphatic carbocycles. The number of carboxylic acid groups (broad SMARTS) is 1. The molecule has 2 atom stereocenters. The molecule has 0 radical (unpaired) electrons. The van der Waals surface area contributed by atoms with Gasteiger partial charge in [0.05, 0.1) is 0 Å². The first-order valence-corrected chi connectivity index (χ1v) is 4.66. The monoisotopic (exact) mass is 171 g/mol. The lowest BCUT2D eigenvalue weighted by molar-refractivity contribution is -0.138. The van der Waals surface area contributed by atoms with Crippen molar-refractivity contribution in [2.24, 2.45) is 17.6 Å². The van der Waals surface area contributed by atoms with Crippen LogP contribution in [0.1, 0.15) is 32.1 Å². The maximum atomic E-state index is 10.5. The summed E-state index contributed by atoms with van der Waals surface area (Å²) in [7, 11) is 0. The Labute approximate surface area is 72.9 Å². The van der Waals surface area contributed by atoms with Gasteiger partial charge in [-0.2, -0.15) is 0 Å². The first-order valence-electron chi connectivity index (χ1n) is 4.66. The first kappa shape index (κ1) is 9.52. The van der Waals surface area contributed by atoms with Gasteiger partial charge in [0, 0.05) is 6.42 Å². The number of carboxylic acids is 1. The van der Waals surface area contributed by atoms with E-state index in [0.29, 0.717) is 24.8 Å². The molecule has 3 N–H and O–H groups in total. The van der Waals surface area contributed by atoms with E-state index in [4.69, 9.17) is 10.8 Å². The summed E-state index contributed by atoms with van der Waals surface area (Å²) in [5.74, 6) is 0.108. The molecular formula is C9H17NO2. The predicted molar refractivity (Wildman–Crippen MR) is 46.8 cm³/mol. The van der Waals surface area contributed by atoms with Gasteiger partial charge < -0.3 is 10.8 Å². The van der Waals surface area contributed by atoms with Gasteiger partial charge in [0.25, 0.3) is 0 Å². The average molecular weight is 171 g/mol. The van der Waals surface area contributed by atoms with Crippen molar-refractivity contribution in [2.75, 3.05) is 6.54 Å². The summed E-state index contributed by atoms with van der Waals surface area (Å²) in [5.41, 5.74) is 5.58. The number of carbonyl (C=O) groups is 1. The van der Waals surface area contributed by atoms with E-state index in [9.17, 15) is 4.79 Å². The number of aliphatic carboxylic acids is 1. The summed E-state index contributed by atoms with van der Waals surface area (Å²) in [6.07, 6.45) is 4.87. The Morgan fingerprint density at radius 3 is 2.42 bits per heavy atom. The quantitative estimate of drug-likeness (QED) is 0.671. The summed E-state index contributed by atoms with van der Waals surface area (Å²) in [6.45, 7) is 0.651. The van der Waals surface area contributed by atoms with Crippen LogP contribution in [0.2, 0.25) is 0 Å². The van der Waals surface area contributed by atoms with Crippen LogP contribution in [0.3, 0.4) is 0 Å². The van der Waals surface area contributed by atoms with Crippen molar-refractivity contribution in [1.29, 1.82) is 0 Å². The molecular weight excluding hydrogens is 154 g/mol. The highest BCUT2D eigenvalue weighted by Gasteiger charge is 2.25. The maximum Gasteiger partial charge on any atom is 0.303 e. The normalized spacial score (nSPS) is 30.1. The molecule has 3 nitrogen and oxygen atoms in total. The Hall–Kier alpha value is -0.570. The molecule has 0 spiro atoms. The van der Waals surface area contributed by atoms with Crippen molar-refractivity contribution >= 4 is 5.97 Å². The van der Waals surface area contributed by atoms with Crippen LogP contribution in [0.4, 0.5) is 0 Å². The Bertz CT molecular complexity index is 159. The predicted octanol–water partition coefficient (Wildman–Crippen LogP) is 1.23. The lowest BCUT2D eigenvalue weighted by Gasteiger charge is -2.29. The molecule has 1 rings (SSSR count). The largest absolute Gasteiger partial charge is 0.481 e. The third-order valence-corrected chi connectivity index (χ3v) is 2.81. The molecule has 0 heterocycles. The van der Waals surface area contributed by atoms with E-state index in [2.05, 4.69) is 0 Å². The van der Waals surface area contributed by atoms with E-state index >= 15 is 0 Å². The molecule has 0 aromatic heterocycles. The van der Waals surface area contributed by atoms with E-state index in [1.54, 1.807) is 0 Å². The lowest BCUT2D eigenvalue weighted by Crippen LogP contribution is -2.28. The molecule has 0 aromatic carbocycles. The summed E-state index contributed by atoms with van der Waals surface area (Å²) >= 11 is 0. The van der Waals surface area contributed by atoms with Crippen LogP contribution in [-0.2, 0) is 4.79 Å². The highest BCUT2D eigenvalue weighted by atomic mass is 16.4. The molecule has 0 amide bonds. The highest BCUT2D eigenvalue weighted by Crippen LogP contribution is 2.31. The van der Waals surface area contributed by atoms with Gasteiger partial charge in [0.15, 0.2) is 0 Å². The zero-order chi connectivity index (χ0) is 8.97. The molecule has 0 saturated heterocycles. The smallest absolute Gasteiger partial charge is 0.303 e. The fourth-order valence-electron chi connectivity index (χ4n) is 2.09. The lowest BCUT2D eigenvalue weighted by atomic mass is 9.77. The molecule has 0 bridgehead atoms. The summed E-state index contributed by atoms with van der Waals surface area (Å²) in [5, 5.41) is 8.64. The van der Waals surface area contributed by atoms with Gasteiger partial charge in [0.2, 0.25) is 0 Å².